The van der Waals surface area contributed by atoms with E-state index in [-0.39, 0.29) is 37.0 Å². The van der Waals surface area contributed by atoms with E-state index >= 15 is 0 Å². The van der Waals surface area contributed by atoms with Crippen LogP contribution in [0, 0.1) is 18.8 Å². The van der Waals surface area contributed by atoms with Crippen LogP contribution in [-0.4, -0.2) is 22.4 Å². The number of alkyl halides is 3. The van der Waals surface area contributed by atoms with Gasteiger partial charge in [-0.3, -0.25) is 4.79 Å². The molecule has 0 aliphatic heterocycles. The predicted molar refractivity (Wildman–Crippen MR) is 164 cm³/mol. The van der Waals surface area contributed by atoms with Gasteiger partial charge >= 0.3 is 6.18 Å². The van der Waals surface area contributed by atoms with Crippen LogP contribution in [-0.2, 0) is 24.1 Å². The third-order valence-corrected chi connectivity index (χ3v) is 6.99. The van der Waals surface area contributed by atoms with E-state index < -0.39 is 11.7 Å². The summed E-state index contributed by atoms with van der Waals surface area (Å²) in [7, 11) is 0. The second-order valence-electron chi connectivity index (χ2n) is 10.2. The second-order valence-corrected chi connectivity index (χ2v) is 11.1. The van der Waals surface area contributed by atoms with E-state index in [4.69, 9.17) is 28.2 Å². The van der Waals surface area contributed by atoms with Gasteiger partial charge in [0.05, 0.1) is 23.4 Å². The second kappa shape index (κ2) is 13.9. The van der Waals surface area contributed by atoms with Crippen molar-refractivity contribution in [3.05, 3.63) is 122 Å². The van der Waals surface area contributed by atoms with Gasteiger partial charge in [-0.15, -0.1) is 0 Å². The Morgan fingerprint density at radius 3 is 2.12 bits per heavy atom. The van der Waals surface area contributed by atoms with Crippen LogP contribution in [0.3, 0.4) is 0 Å². The van der Waals surface area contributed by atoms with E-state index in [1.54, 1.807) is 36.1 Å². The first kappa shape index (κ1) is 31.9. The zero-order valence-electron chi connectivity index (χ0n) is 23.8. The fourth-order valence-electron chi connectivity index (χ4n) is 4.23. The van der Waals surface area contributed by atoms with Crippen molar-refractivity contribution < 1.29 is 18.0 Å². The zero-order valence-corrected chi connectivity index (χ0v) is 25.3. The van der Waals surface area contributed by atoms with E-state index in [0.29, 0.717) is 32.9 Å². The first-order valence-electron chi connectivity index (χ1n) is 13.5. The molecular formula is C33H29Cl2F3N4O. The lowest BCUT2D eigenvalue weighted by molar-refractivity contribution is -0.137. The van der Waals surface area contributed by atoms with Gasteiger partial charge in [-0.25, -0.2) is 9.97 Å². The number of hydrogen-bond donors (Lipinski definition) is 1. The number of nitrogens with zero attached hydrogens (tertiary/aromatic N) is 3. The Morgan fingerprint density at radius 2 is 1.51 bits per heavy atom. The monoisotopic (exact) mass is 624 g/mol. The van der Waals surface area contributed by atoms with Gasteiger partial charge in [-0.05, 0) is 54.4 Å². The molecular weight excluding hydrogens is 596 g/mol. The van der Waals surface area contributed by atoms with E-state index in [1.807, 2.05) is 38.1 Å². The molecule has 4 aromatic rings. The molecule has 3 aromatic carbocycles. The summed E-state index contributed by atoms with van der Waals surface area (Å²) in [6.45, 7) is 6.05. The molecule has 0 spiro atoms. The van der Waals surface area contributed by atoms with E-state index in [9.17, 15) is 18.0 Å². The lowest BCUT2D eigenvalue weighted by atomic mass is 10.1. The largest absolute Gasteiger partial charge is 0.417 e. The number of benzene rings is 3. The summed E-state index contributed by atoms with van der Waals surface area (Å²) in [4.78, 5) is 24.4. The lowest BCUT2D eigenvalue weighted by Gasteiger charge is -2.26. The van der Waals surface area contributed by atoms with E-state index in [0.717, 1.165) is 17.2 Å². The van der Waals surface area contributed by atoms with Crippen LogP contribution < -0.4 is 10.2 Å². The van der Waals surface area contributed by atoms with Crippen molar-refractivity contribution in [3.8, 4) is 11.8 Å². The molecule has 0 radical (unpaired) electrons. The highest BCUT2D eigenvalue weighted by molar-refractivity contribution is 6.30. The van der Waals surface area contributed by atoms with Crippen LogP contribution in [0.4, 0.5) is 19.0 Å². The van der Waals surface area contributed by atoms with Gasteiger partial charge in [0.15, 0.2) is 0 Å². The summed E-state index contributed by atoms with van der Waals surface area (Å²) >= 11 is 12.1. The number of carbonyl (C=O) groups is 1. The molecule has 0 saturated heterocycles. The van der Waals surface area contributed by atoms with Crippen molar-refractivity contribution >= 4 is 34.9 Å². The number of carbonyl (C=O) groups excluding carboxylic acids is 1. The summed E-state index contributed by atoms with van der Waals surface area (Å²) in [5.74, 6) is 6.13. The Bertz CT molecular complexity index is 1640. The fraction of sp³-hybridized carbons (Fsp3) is 0.242. The first-order chi connectivity index (χ1) is 20.4. The van der Waals surface area contributed by atoms with Gasteiger partial charge in [0.25, 0.3) is 0 Å². The highest BCUT2D eigenvalue weighted by Crippen LogP contribution is 2.32. The molecule has 1 amide bonds. The van der Waals surface area contributed by atoms with Crippen molar-refractivity contribution in [3.63, 3.8) is 0 Å². The van der Waals surface area contributed by atoms with Crippen molar-refractivity contribution in [2.75, 3.05) is 11.4 Å². The minimum absolute atomic E-state index is 0.0541. The fourth-order valence-corrected chi connectivity index (χ4v) is 4.48. The van der Waals surface area contributed by atoms with Gasteiger partial charge in [-0.2, -0.15) is 13.2 Å². The predicted octanol–water partition coefficient (Wildman–Crippen LogP) is 7.96. The third kappa shape index (κ3) is 8.73. The minimum Gasteiger partial charge on any atom is -0.350 e. The topological polar surface area (TPSA) is 58.1 Å². The highest BCUT2D eigenvalue weighted by atomic mass is 35.5. The van der Waals surface area contributed by atoms with Crippen molar-refractivity contribution in [1.82, 2.24) is 15.3 Å². The Hall–Kier alpha value is -4.06. The Morgan fingerprint density at radius 1 is 0.907 bits per heavy atom. The van der Waals surface area contributed by atoms with Crippen LogP contribution in [0.5, 0.6) is 0 Å². The normalized spacial score (nSPS) is 11.2. The SMILES string of the molecule is Cc1nc(C(C)C)nc(N(CC(=O)NCc2ccc(Cl)cc2)Cc2ccc(Cl)cc2)c1C#Cc1ccccc1C(F)(F)F. The number of anilines is 1. The molecule has 0 unspecified atom stereocenters. The maximum Gasteiger partial charge on any atom is 0.417 e. The van der Waals surface area contributed by atoms with Gasteiger partial charge in [0.2, 0.25) is 5.91 Å². The van der Waals surface area contributed by atoms with Gasteiger partial charge < -0.3 is 10.2 Å². The number of halogens is 5. The molecule has 0 atom stereocenters. The molecule has 1 aromatic heterocycles. The minimum atomic E-state index is -4.57. The summed E-state index contributed by atoms with van der Waals surface area (Å²) in [6.07, 6.45) is -4.57. The van der Waals surface area contributed by atoms with Crippen molar-refractivity contribution in [2.45, 2.75) is 46.0 Å². The van der Waals surface area contributed by atoms with E-state index in [2.05, 4.69) is 22.1 Å². The third-order valence-electron chi connectivity index (χ3n) is 6.48. The van der Waals surface area contributed by atoms with Crippen LogP contribution in [0.1, 0.15) is 59.1 Å². The smallest absolute Gasteiger partial charge is 0.350 e. The van der Waals surface area contributed by atoms with Crippen LogP contribution in [0.15, 0.2) is 72.8 Å². The van der Waals surface area contributed by atoms with Crippen LogP contribution in [0.25, 0.3) is 0 Å². The van der Waals surface area contributed by atoms with Crippen LogP contribution >= 0.6 is 23.2 Å². The van der Waals surface area contributed by atoms with Crippen molar-refractivity contribution in [1.29, 1.82) is 0 Å². The Kier molecular flexibility index (Phi) is 10.3. The molecule has 0 aliphatic carbocycles. The number of aryl methyl sites for hydroxylation is 1. The van der Waals surface area contributed by atoms with E-state index in [1.165, 1.54) is 18.2 Å². The molecule has 10 heteroatoms. The molecule has 0 saturated carbocycles. The maximum absolute atomic E-state index is 13.7. The number of rotatable bonds is 8. The molecule has 4 rings (SSSR count). The summed E-state index contributed by atoms with van der Waals surface area (Å²) in [5.41, 5.74) is 1.55. The molecule has 0 bridgehead atoms. The molecule has 222 valence electrons. The van der Waals surface area contributed by atoms with Crippen LogP contribution in [0.2, 0.25) is 10.0 Å². The highest BCUT2D eigenvalue weighted by Gasteiger charge is 2.32. The van der Waals surface area contributed by atoms with Gasteiger partial charge in [0, 0.05) is 34.6 Å². The molecule has 43 heavy (non-hydrogen) atoms. The standard InChI is InChI=1S/C33H29Cl2F3N4O/c1-21(2)31-40-22(3)28(17-12-25-6-4-5-7-29(25)33(36,37)38)32(41-31)42(19-24-10-15-27(35)16-11-24)20-30(43)39-18-23-8-13-26(34)14-9-23/h4-11,13-16,21H,18-20H2,1-3H3,(H,39,43). The summed E-state index contributed by atoms with van der Waals surface area (Å²) < 4.78 is 41.0. The first-order valence-corrected chi connectivity index (χ1v) is 14.2. The molecule has 0 fully saturated rings. The number of amides is 1. The maximum atomic E-state index is 13.7. The Balaban J connectivity index is 1.76. The molecule has 0 aliphatic rings. The average Bonchev–Trinajstić information content (AvgIpc) is 2.96. The quantitative estimate of drug-likeness (QED) is 0.202. The number of aromatic nitrogens is 2. The Labute approximate surface area is 259 Å². The van der Waals surface area contributed by atoms with Crippen molar-refractivity contribution in [2.24, 2.45) is 0 Å². The summed E-state index contributed by atoms with van der Waals surface area (Å²) in [6, 6.07) is 19.4. The summed E-state index contributed by atoms with van der Waals surface area (Å²) in [5, 5.41) is 4.07. The number of hydrogen-bond acceptors (Lipinski definition) is 4. The van der Waals surface area contributed by atoms with Gasteiger partial charge in [0.1, 0.15) is 11.6 Å². The lowest BCUT2D eigenvalue weighted by Crippen LogP contribution is -2.38. The zero-order chi connectivity index (χ0) is 31.1. The van der Waals surface area contributed by atoms with Gasteiger partial charge in [-0.1, -0.05) is 85.3 Å². The molecule has 5 nitrogen and oxygen atoms in total. The molecule has 1 N–H and O–H groups in total. The average molecular weight is 626 g/mol. The number of nitrogens with one attached hydrogen (secondary N) is 1. The molecule has 1 heterocycles.